The largest absolute Gasteiger partial charge is 0.353 e. The average molecular weight is 361 g/mol. The Hall–Kier alpha value is -1.60. The molecule has 2 aromatic heterocycles. The Morgan fingerprint density at radius 1 is 1.08 bits per heavy atom. The van der Waals surface area contributed by atoms with Crippen LogP contribution < -0.4 is 5.32 Å². The summed E-state index contributed by atoms with van der Waals surface area (Å²) < 4.78 is 0. The molecule has 0 aromatic carbocycles. The first-order valence-electron chi connectivity index (χ1n) is 8.05. The van der Waals surface area contributed by atoms with Crippen LogP contribution in [0, 0.1) is 0 Å². The Morgan fingerprint density at radius 2 is 1.79 bits per heavy atom. The van der Waals surface area contributed by atoms with E-state index in [1.807, 2.05) is 18.2 Å². The van der Waals surface area contributed by atoms with Gasteiger partial charge in [-0.3, -0.25) is 9.78 Å². The van der Waals surface area contributed by atoms with Crippen molar-refractivity contribution >= 4 is 29.4 Å². The summed E-state index contributed by atoms with van der Waals surface area (Å²) in [7, 11) is 0. The molecule has 0 atom stereocenters. The van der Waals surface area contributed by atoms with Gasteiger partial charge in [-0.25, -0.2) is 9.97 Å². The van der Waals surface area contributed by atoms with Crippen molar-refractivity contribution in [3.63, 3.8) is 0 Å². The second-order valence-corrected chi connectivity index (χ2v) is 7.98. The van der Waals surface area contributed by atoms with Gasteiger partial charge in [0.15, 0.2) is 5.16 Å². The van der Waals surface area contributed by atoms with E-state index in [0.717, 1.165) is 35.7 Å². The van der Waals surface area contributed by atoms with Gasteiger partial charge in [-0.15, -0.1) is 11.8 Å². The van der Waals surface area contributed by atoms with Crippen LogP contribution in [0.3, 0.4) is 0 Å². The molecule has 0 saturated heterocycles. The predicted octanol–water partition coefficient (Wildman–Crippen LogP) is 3.18. The van der Waals surface area contributed by atoms with Crippen LogP contribution >= 0.6 is 23.5 Å². The first-order valence-corrected chi connectivity index (χ1v) is 9.92. The number of hydrogen-bond acceptors (Lipinski definition) is 6. The molecule has 7 heteroatoms. The van der Waals surface area contributed by atoms with Crippen molar-refractivity contribution in [3.05, 3.63) is 43.0 Å². The van der Waals surface area contributed by atoms with Crippen molar-refractivity contribution in [3.8, 4) is 0 Å². The molecule has 0 aliphatic heterocycles. The quantitative estimate of drug-likeness (QED) is 0.630. The summed E-state index contributed by atoms with van der Waals surface area (Å²) >= 11 is 3.29. The van der Waals surface area contributed by atoms with Gasteiger partial charge in [0.2, 0.25) is 5.91 Å². The minimum Gasteiger partial charge on any atom is -0.353 e. The van der Waals surface area contributed by atoms with Gasteiger partial charge in [0.25, 0.3) is 0 Å². The molecule has 1 fully saturated rings. The Balaban J connectivity index is 1.36. The Bertz CT molecular complexity index is 634. The molecule has 0 bridgehead atoms. The number of carbonyl (C=O) groups is 1. The molecule has 1 saturated carbocycles. The van der Waals surface area contributed by atoms with E-state index in [4.69, 9.17) is 0 Å². The number of thioether (sulfide) groups is 2. The molecule has 3 rings (SSSR count). The number of aromatic nitrogens is 3. The lowest BCUT2D eigenvalue weighted by molar-refractivity contribution is -0.119. The zero-order valence-electron chi connectivity index (χ0n) is 13.3. The van der Waals surface area contributed by atoms with Crippen LogP contribution in [0.5, 0.6) is 0 Å². The zero-order chi connectivity index (χ0) is 16.6. The Kier molecular flexibility index (Phi) is 6.48. The summed E-state index contributed by atoms with van der Waals surface area (Å²) in [5.74, 6) is 0.565. The maximum absolute atomic E-state index is 12.1. The molecule has 0 unspecified atom stereocenters. The molecule has 24 heavy (non-hydrogen) atoms. The van der Waals surface area contributed by atoms with Crippen LogP contribution in [0.25, 0.3) is 0 Å². The predicted molar refractivity (Wildman–Crippen MR) is 97.0 cm³/mol. The van der Waals surface area contributed by atoms with Crippen molar-refractivity contribution in [2.75, 3.05) is 5.75 Å². The van der Waals surface area contributed by atoms with Gasteiger partial charge < -0.3 is 5.32 Å². The van der Waals surface area contributed by atoms with Gasteiger partial charge in [0.05, 0.1) is 5.75 Å². The highest BCUT2D eigenvalue weighted by Crippen LogP contribution is 2.31. The summed E-state index contributed by atoms with van der Waals surface area (Å²) in [5, 5.41) is 4.55. The lowest BCUT2D eigenvalue weighted by Crippen LogP contribution is -2.39. The molecule has 2 heterocycles. The van der Waals surface area contributed by atoms with E-state index in [9.17, 15) is 4.79 Å². The van der Waals surface area contributed by atoms with Crippen LogP contribution in [0.4, 0.5) is 0 Å². The van der Waals surface area contributed by atoms with Gasteiger partial charge in [0.1, 0.15) is 0 Å². The van der Waals surface area contributed by atoms with Gasteiger partial charge in [-0.2, -0.15) is 0 Å². The second-order valence-electron chi connectivity index (χ2n) is 5.66. The number of pyridine rings is 1. The van der Waals surface area contributed by atoms with Gasteiger partial charge in [-0.1, -0.05) is 11.8 Å². The minimum atomic E-state index is 0.110. The maximum atomic E-state index is 12.1. The monoisotopic (exact) mass is 360 g/mol. The number of nitrogens with one attached hydrogen (secondary N) is 1. The first kappa shape index (κ1) is 17.2. The van der Waals surface area contributed by atoms with E-state index in [-0.39, 0.29) is 5.91 Å². The van der Waals surface area contributed by atoms with E-state index in [1.54, 1.807) is 48.3 Å². The molecular formula is C17H20N4OS2. The van der Waals surface area contributed by atoms with E-state index in [2.05, 4.69) is 20.3 Å². The third-order valence-electron chi connectivity index (χ3n) is 3.87. The van der Waals surface area contributed by atoms with Crippen LogP contribution in [-0.4, -0.2) is 37.9 Å². The summed E-state index contributed by atoms with van der Waals surface area (Å²) in [6.07, 6.45) is 11.3. The molecule has 1 aliphatic rings. The topological polar surface area (TPSA) is 67.8 Å². The summed E-state index contributed by atoms with van der Waals surface area (Å²) in [5.41, 5.74) is 0. The number of carbonyl (C=O) groups excluding carboxylic acids is 1. The van der Waals surface area contributed by atoms with Crippen LogP contribution in [0.15, 0.2) is 53.0 Å². The molecule has 0 spiro atoms. The summed E-state index contributed by atoms with van der Waals surface area (Å²) in [4.78, 5) is 25.7. The lowest BCUT2D eigenvalue weighted by Gasteiger charge is -2.28. The molecular weight excluding hydrogens is 340 g/mol. The summed E-state index contributed by atoms with van der Waals surface area (Å²) in [6.45, 7) is 0. The van der Waals surface area contributed by atoms with Crippen LogP contribution in [0.2, 0.25) is 0 Å². The zero-order valence-corrected chi connectivity index (χ0v) is 14.9. The van der Waals surface area contributed by atoms with Crippen molar-refractivity contribution in [1.82, 2.24) is 20.3 Å². The number of nitrogens with zero attached hydrogens (tertiary/aromatic N) is 3. The molecule has 126 valence electrons. The van der Waals surface area contributed by atoms with Gasteiger partial charge in [-0.05, 0) is 43.9 Å². The lowest BCUT2D eigenvalue weighted by atomic mass is 9.95. The Labute approximate surface area is 150 Å². The average Bonchev–Trinajstić information content (AvgIpc) is 2.63. The number of amides is 1. The van der Waals surface area contributed by atoms with Gasteiger partial charge >= 0.3 is 0 Å². The first-order chi connectivity index (χ1) is 11.8. The normalized spacial score (nSPS) is 20.5. The molecule has 1 amide bonds. The molecule has 5 nitrogen and oxygen atoms in total. The van der Waals surface area contributed by atoms with Crippen molar-refractivity contribution in [1.29, 1.82) is 0 Å². The standard InChI is InChI=1S/C17H20N4OS2/c22-16(12-23-14-6-10-18-11-7-14)21-13-2-4-15(5-3-13)24-17-19-8-1-9-20-17/h1,6-11,13,15H,2-5,12H2,(H,21,22). The van der Waals surface area contributed by atoms with Crippen molar-refractivity contribution in [2.45, 2.75) is 47.0 Å². The highest BCUT2D eigenvalue weighted by molar-refractivity contribution is 8.00. The fraction of sp³-hybridized carbons (Fsp3) is 0.412. The molecule has 1 N–H and O–H groups in total. The van der Waals surface area contributed by atoms with E-state index in [1.165, 1.54) is 0 Å². The van der Waals surface area contributed by atoms with Crippen LogP contribution in [0.1, 0.15) is 25.7 Å². The third kappa shape index (κ3) is 5.49. The van der Waals surface area contributed by atoms with Crippen molar-refractivity contribution in [2.24, 2.45) is 0 Å². The molecule has 2 aromatic rings. The van der Waals surface area contributed by atoms with Crippen LogP contribution in [-0.2, 0) is 4.79 Å². The number of hydrogen-bond donors (Lipinski definition) is 1. The minimum absolute atomic E-state index is 0.110. The second kappa shape index (κ2) is 9.03. The fourth-order valence-corrected chi connectivity index (χ4v) is 4.42. The smallest absolute Gasteiger partial charge is 0.230 e. The molecule has 1 aliphatic carbocycles. The SMILES string of the molecule is O=C(CSc1ccncc1)NC1CCC(Sc2ncccn2)CC1. The fourth-order valence-electron chi connectivity index (χ4n) is 2.67. The Morgan fingerprint density at radius 3 is 2.50 bits per heavy atom. The number of rotatable bonds is 6. The van der Waals surface area contributed by atoms with E-state index in [0.29, 0.717) is 17.0 Å². The third-order valence-corrected chi connectivity index (χ3v) is 6.11. The summed E-state index contributed by atoms with van der Waals surface area (Å²) in [6, 6.07) is 5.97. The van der Waals surface area contributed by atoms with E-state index >= 15 is 0 Å². The van der Waals surface area contributed by atoms with Gasteiger partial charge in [0, 0.05) is 41.0 Å². The molecule has 0 radical (unpaired) electrons. The highest BCUT2D eigenvalue weighted by atomic mass is 32.2. The highest BCUT2D eigenvalue weighted by Gasteiger charge is 2.23. The maximum Gasteiger partial charge on any atom is 0.230 e. The van der Waals surface area contributed by atoms with E-state index < -0.39 is 0 Å². The van der Waals surface area contributed by atoms with Crippen molar-refractivity contribution < 1.29 is 4.79 Å².